The number of aliphatic hydroxyl groups excluding tert-OH is 1. The molecule has 0 saturated heterocycles. The van der Waals surface area contributed by atoms with E-state index in [1.54, 1.807) is 0 Å². The van der Waals surface area contributed by atoms with Gasteiger partial charge in [-0.1, -0.05) is 27.2 Å². The summed E-state index contributed by atoms with van der Waals surface area (Å²) in [5.41, 5.74) is 5.76. The molecule has 2 atom stereocenters. The molecule has 0 aromatic rings. The number of rotatable bonds is 7. The van der Waals surface area contributed by atoms with E-state index in [-0.39, 0.29) is 11.9 Å². The molecule has 4 heteroatoms. The van der Waals surface area contributed by atoms with Gasteiger partial charge in [0, 0.05) is 19.0 Å². The van der Waals surface area contributed by atoms with Crippen LogP contribution in [0.2, 0.25) is 0 Å². The molecular formula is C11H24N2O2. The highest BCUT2D eigenvalue weighted by Crippen LogP contribution is 2.02. The minimum absolute atomic E-state index is 0.0775. The molecule has 1 amide bonds. The predicted molar refractivity (Wildman–Crippen MR) is 61.4 cm³/mol. The molecule has 4 N–H and O–H groups in total. The summed E-state index contributed by atoms with van der Waals surface area (Å²) < 4.78 is 0. The normalized spacial score (nSPS) is 15.1. The van der Waals surface area contributed by atoms with Gasteiger partial charge in [0.15, 0.2) is 0 Å². The third-order valence-electron chi connectivity index (χ3n) is 2.43. The molecule has 0 aliphatic rings. The second-order valence-corrected chi connectivity index (χ2v) is 4.36. The Kier molecular flexibility index (Phi) is 7.34. The topological polar surface area (TPSA) is 75.3 Å². The highest BCUT2D eigenvalue weighted by molar-refractivity contribution is 5.76. The maximum Gasteiger partial charge on any atom is 0.221 e. The van der Waals surface area contributed by atoms with Crippen LogP contribution >= 0.6 is 0 Å². The van der Waals surface area contributed by atoms with Gasteiger partial charge in [-0.2, -0.15) is 0 Å². The lowest BCUT2D eigenvalue weighted by atomic mass is 10.0. The molecule has 0 radical (unpaired) electrons. The zero-order valence-electron chi connectivity index (χ0n) is 9.99. The molecule has 2 unspecified atom stereocenters. The van der Waals surface area contributed by atoms with Crippen molar-refractivity contribution in [3.63, 3.8) is 0 Å². The number of hydrogen-bond donors (Lipinski definition) is 3. The van der Waals surface area contributed by atoms with Crippen molar-refractivity contribution in [3.8, 4) is 0 Å². The molecule has 0 saturated carbocycles. The minimum atomic E-state index is -0.436. The molecule has 0 aliphatic carbocycles. The summed E-state index contributed by atoms with van der Waals surface area (Å²) in [6.45, 7) is 6.31. The van der Waals surface area contributed by atoms with Crippen LogP contribution in [0.4, 0.5) is 0 Å². The number of nitrogens with two attached hydrogens (primary N) is 1. The average Bonchev–Trinajstić information content (AvgIpc) is 2.15. The van der Waals surface area contributed by atoms with Gasteiger partial charge < -0.3 is 16.2 Å². The quantitative estimate of drug-likeness (QED) is 0.584. The first-order chi connectivity index (χ1) is 6.97. The maximum atomic E-state index is 11.4. The van der Waals surface area contributed by atoms with Gasteiger partial charge in [0.1, 0.15) is 0 Å². The van der Waals surface area contributed by atoms with E-state index in [2.05, 4.69) is 5.32 Å². The van der Waals surface area contributed by atoms with Gasteiger partial charge in [0.25, 0.3) is 0 Å². The second kappa shape index (κ2) is 7.65. The van der Waals surface area contributed by atoms with Gasteiger partial charge in [-0.3, -0.25) is 4.79 Å². The van der Waals surface area contributed by atoms with E-state index in [1.807, 2.05) is 20.8 Å². The Hall–Kier alpha value is -0.610. The minimum Gasteiger partial charge on any atom is -0.391 e. The molecular weight excluding hydrogens is 192 g/mol. The van der Waals surface area contributed by atoms with Gasteiger partial charge in [-0.25, -0.2) is 0 Å². The highest BCUT2D eigenvalue weighted by atomic mass is 16.3. The highest BCUT2D eigenvalue weighted by Gasteiger charge is 2.13. The van der Waals surface area contributed by atoms with Crippen molar-refractivity contribution in [1.82, 2.24) is 5.32 Å². The van der Waals surface area contributed by atoms with Crippen molar-refractivity contribution in [3.05, 3.63) is 0 Å². The van der Waals surface area contributed by atoms with E-state index in [0.29, 0.717) is 18.9 Å². The van der Waals surface area contributed by atoms with E-state index in [0.717, 1.165) is 12.8 Å². The number of aliphatic hydroxyl groups is 1. The van der Waals surface area contributed by atoms with Crippen LogP contribution in [0, 0.1) is 5.92 Å². The van der Waals surface area contributed by atoms with Crippen LogP contribution < -0.4 is 11.1 Å². The largest absolute Gasteiger partial charge is 0.391 e. The lowest BCUT2D eigenvalue weighted by Crippen LogP contribution is -2.37. The fourth-order valence-electron chi connectivity index (χ4n) is 1.19. The van der Waals surface area contributed by atoms with Gasteiger partial charge >= 0.3 is 0 Å². The van der Waals surface area contributed by atoms with Crippen LogP contribution in [0.3, 0.4) is 0 Å². The molecule has 0 spiro atoms. The van der Waals surface area contributed by atoms with Gasteiger partial charge in [0.2, 0.25) is 5.91 Å². The molecule has 0 aromatic carbocycles. The van der Waals surface area contributed by atoms with Gasteiger partial charge in [-0.15, -0.1) is 0 Å². The van der Waals surface area contributed by atoms with Crippen molar-refractivity contribution >= 4 is 5.91 Å². The number of carbonyl (C=O) groups is 1. The first kappa shape index (κ1) is 14.4. The smallest absolute Gasteiger partial charge is 0.221 e. The summed E-state index contributed by atoms with van der Waals surface area (Å²) in [6.07, 6.45) is 1.53. The standard InChI is InChI=1S/C11H24N2O2/c1-4-5-9(14)7-13-11(15)6-10(12)8(2)3/h8-10,14H,4-7,12H2,1-3H3,(H,13,15). The van der Waals surface area contributed by atoms with Crippen molar-refractivity contribution < 1.29 is 9.90 Å². The maximum absolute atomic E-state index is 11.4. The van der Waals surface area contributed by atoms with Crippen LogP contribution in [-0.4, -0.2) is 29.7 Å². The fraction of sp³-hybridized carbons (Fsp3) is 0.909. The Morgan fingerprint density at radius 1 is 1.47 bits per heavy atom. The molecule has 0 aliphatic heterocycles. The molecule has 0 fully saturated rings. The van der Waals surface area contributed by atoms with Crippen molar-refractivity contribution in [2.24, 2.45) is 11.7 Å². The lowest BCUT2D eigenvalue weighted by Gasteiger charge is -2.16. The van der Waals surface area contributed by atoms with Crippen LogP contribution in [-0.2, 0) is 4.79 Å². The molecule has 0 aromatic heterocycles. The van der Waals surface area contributed by atoms with Gasteiger partial charge in [-0.05, 0) is 12.3 Å². The van der Waals surface area contributed by atoms with E-state index < -0.39 is 6.10 Å². The van der Waals surface area contributed by atoms with Crippen LogP contribution in [0.1, 0.15) is 40.0 Å². The Labute approximate surface area is 92.2 Å². The van der Waals surface area contributed by atoms with Gasteiger partial charge in [0.05, 0.1) is 6.10 Å². The second-order valence-electron chi connectivity index (χ2n) is 4.36. The monoisotopic (exact) mass is 216 g/mol. The zero-order valence-corrected chi connectivity index (χ0v) is 9.99. The third kappa shape index (κ3) is 7.33. The summed E-state index contributed by atoms with van der Waals surface area (Å²) in [5, 5.41) is 12.1. The van der Waals surface area contributed by atoms with Crippen molar-refractivity contribution in [2.45, 2.75) is 52.2 Å². The first-order valence-electron chi connectivity index (χ1n) is 5.67. The molecule has 15 heavy (non-hydrogen) atoms. The molecule has 4 nitrogen and oxygen atoms in total. The Morgan fingerprint density at radius 2 is 2.07 bits per heavy atom. The number of carbonyl (C=O) groups excluding carboxylic acids is 1. The van der Waals surface area contributed by atoms with E-state index in [1.165, 1.54) is 0 Å². The molecule has 90 valence electrons. The Bertz CT molecular complexity index is 183. The van der Waals surface area contributed by atoms with Crippen LogP contribution in [0.15, 0.2) is 0 Å². The predicted octanol–water partition coefficient (Wildman–Crippen LogP) is 0.637. The van der Waals surface area contributed by atoms with E-state index in [9.17, 15) is 9.90 Å². The fourth-order valence-corrected chi connectivity index (χ4v) is 1.19. The number of hydrogen-bond acceptors (Lipinski definition) is 3. The lowest BCUT2D eigenvalue weighted by molar-refractivity contribution is -0.122. The third-order valence-corrected chi connectivity index (χ3v) is 2.43. The van der Waals surface area contributed by atoms with Crippen LogP contribution in [0.25, 0.3) is 0 Å². The molecule has 0 bridgehead atoms. The van der Waals surface area contributed by atoms with E-state index in [4.69, 9.17) is 5.73 Å². The number of nitrogens with one attached hydrogen (secondary N) is 1. The van der Waals surface area contributed by atoms with Crippen LogP contribution in [0.5, 0.6) is 0 Å². The summed E-state index contributed by atoms with van der Waals surface area (Å²) in [4.78, 5) is 11.4. The Morgan fingerprint density at radius 3 is 2.53 bits per heavy atom. The summed E-state index contributed by atoms with van der Waals surface area (Å²) >= 11 is 0. The zero-order chi connectivity index (χ0) is 11.8. The van der Waals surface area contributed by atoms with Crippen molar-refractivity contribution in [1.29, 1.82) is 0 Å². The Balaban J connectivity index is 3.66. The van der Waals surface area contributed by atoms with E-state index >= 15 is 0 Å². The molecule has 0 heterocycles. The number of amides is 1. The van der Waals surface area contributed by atoms with Crippen molar-refractivity contribution in [2.75, 3.05) is 6.54 Å². The summed E-state index contributed by atoms with van der Waals surface area (Å²) in [7, 11) is 0. The molecule has 0 rings (SSSR count). The first-order valence-corrected chi connectivity index (χ1v) is 5.67. The SMILES string of the molecule is CCCC(O)CNC(=O)CC(N)C(C)C. The average molecular weight is 216 g/mol. The summed E-state index contributed by atoms with van der Waals surface area (Å²) in [6, 6.07) is -0.103. The summed E-state index contributed by atoms with van der Waals surface area (Å²) in [5.74, 6) is 0.225.